The average molecular weight is 291 g/mol. The van der Waals surface area contributed by atoms with Crippen LogP contribution in [0.3, 0.4) is 0 Å². The Balaban J connectivity index is 2.07. The molecule has 0 amide bonds. The largest absolute Gasteiger partial charge is 0.459 e. The van der Waals surface area contributed by atoms with Crippen LogP contribution in [0, 0.1) is 0 Å². The van der Waals surface area contributed by atoms with Crippen molar-refractivity contribution >= 4 is 18.1 Å². The van der Waals surface area contributed by atoms with Crippen molar-refractivity contribution in [1.82, 2.24) is 4.98 Å². The molecule has 0 radical (unpaired) electrons. The highest BCUT2D eigenvalue weighted by Gasteiger charge is 2.39. The third-order valence-electron chi connectivity index (χ3n) is 3.33. The third-order valence-corrected chi connectivity index (χ3v) is 3.33. The van der Waals surface area contributed by atoms with E-state index in [1.807, 2.05) is 25.7 Å². The first-order valence-electron chi connectivity index (χ1n) is 6.99. The van der Waals surface area contributed by atoms with Crippen LogP contribution < -0.4 is 10.6 Å². The van der Waals surface area contributed by atoms with Gasteiger partial charge in [-0.05, 0) is 39.3 Å². The Hall–Kier alpha value is -1.95. The van der Waals surface area contributed by atoms with E-state index >= 15 is 0 Å². The summed E-state index contributed by atoms with van der Waals surface area (Å²) in [5, 5.41) is 0. The van der Waals surface area contributed by atoms with Gasteiger partial charge in [0, 0.05) is 6.54 Å². The molecule has 2 unspecified atom stereocenters. The van der Waals surface area contributed by atoms with E-state index < -0.39 is 17.6 Å². The molecular weight excluding hydrogens is 270 g/mol. The fraction of sp³-hybridized carbons (Fsp3) is 0.533. The first-order chi connectivity index (χ1) is 9.81. The number of aldehydes is 1. The first-order valence-corrected chi connectivity index (χ1v) is 6.99. The van der Waals surface area contributed by atoms with Crippen LogP contribution >= 0.6 is 0 Å². The number of hydrogen-bond acceptors (Lipinski definition) is 6. The van der Waals surface area contributed by atoms with Crippen molar-refractivity contribution in [1.29, 1.82) is 0 Å². The summed E-state index contributed by atoms with van der Waals surface area (Å²) in [5.41, 5.74) is 5.82. The quantitative estimate of drug-likeness (QED) is 0.661. The van der Waals surface area contributed by atoms with Crippen LogP contribution in [-0.2, 0) is 9.53 Å². The minimum Gasteiger partial charge on any atom is -0.459 e. The summed E-state index contributed by atoms with van der Waals surface area (Å²) in [6.45, 7) is 6.19. The van der Waals surface area contributed by atoms with Crippen LogP contribution in [0.25, 0.3) is 0 Å². The normalized spacial score (nSPS) is 19.6. The van der Waals surface area contributed by atoms with Crippen molar-refractivity contribution < 1.29 is 14.3 Å². The zero-order valence-corrected chi connectivity index (χ0v) is 12.6. The summed E-state index contributed by atoms with van der Waals surface area (Å²) in [4.78, 5) is 29.0. The number of pyridine rings is 1. The van der Waals surface area contributed by atoms with Gasteiger partial charge >= 0.3 is 5.97 Å². The summed E-state index contributed by atoms with van der Waals surface area (Å²) in [6.07, 6.45) is 1.50. The predicted molar refractivity (Wildman–Crippen MR) is 79.2 cm³/mol. The molecule has 114 valence electrons. The van der Waals surface area contributed by atoms with Crippen LogP contribution in [-0.4, -0.2) is 41.5 Å². The van der Waals surface area contributed by atoms with Crippen LogP contribution in [0.4, 0.5) is 5.82 Å². The summed E-state index contributed by atoms with van der Waals surface area (Å²) in [6, 6.07) is 4.34. The van der Waals surface area contributed by atoms with Gasteiger partial charge in [0.1, 0.15) is 23.2 Å². The van der Waals surface area contributed by atoms with Gasteiger partial charge in [-0.2, -0.15) is 0 Å². The molecule has 1 aromatic rings. The maximum absolute atomic E-state index is 12.0. The van der Waals surface area contributed by atoms with Crippen molar-refractivity contribution in [3.05, 3.63) is 23.9 Å². The molecule has 6 nitrogen and oxygen atoms in total. The van der Waals surface area contributed by atoms with Crippen molar-refractivity contribution in [2.75, 3.05) is 11.4 Å². The Kier molecular flexibility index (Phi) is 4.27. The molecule has 0 aliphatic carbocycles. The fourth-order valence-corrected chi connectivity index (χ4v) is 2.26. The van der Waals surface area contributed by atoms with Gasteiger partial charge in [0.05, 0.1) is 6.04 Å². The Labute approximate surface area is 124 Å². The van der Waals surface area contributed by atoms with E-state index in [2.05, 4.69) is 4.98 Å². The lowest BCUT2D eigenvalue weighted by Gasteiger charge is -2.44. The van der Waals surface area contributed by atoms with Crippen molar-refractivity contribution in [2.24, 2.45) is 5.73 Å². The third kappa shape index (κ3) is 3.58. The lowest BCUT2D eigenvalue weighted by molar-refractivity contribution is -0.157. The highest BCUT2D eigenvalue weighted by Crippen LogP contribution is 2.27. The van der Waals surface area contributed by atoms with Gasteiger partial charge in [0.2, 0.25) is 0 Å². The topological polar surface area (TPSA) is 85.5 Å². The molecule has 1 aliphatic heterocycles. The summed E-state index contributed by atoms with van der Waals surface area (Å²) in [5.74, 6) is 0.249. The molecule has 0 spiro atoms. The zero-order valence-electron chi connectivity index (χ0n) is 12.6. The molecule has 0 bridgehead atoms. The average Bonchev–Trinajstić information content (AvgIpc) is 2.35. The molecule has 1 fully saturated rings. The van der Waals surface area contributed by atoms with Gasteiger partial charge in [0.25, 0.3) is 0 Å². The van der Waals surface area contributed by atoms with Crippen molar-refractivity contribution in [3.63, 3.8) is 0 Å². The molecule has 0 aromatic carbocycles. The lowest BCUT2D eigenvalue weighted by Crippen LogP contribution is -2.61. The molecule has 21 heavy (non-hydrogen) atoms. The van der Waals surface area contributed by atoms with Crippen LogP contribution in [0.2, 0.25) is 0 Å². The second-order valence-corrected chi connectivity index (χ2v) is 6.15. The monoisotopic (exact) mass is 291 g/mol. The number of carbonyl (C=O) groups excluding carboxylic acids is 2. The number of ether oxygens (including phenoxy) is 1. The van der Waals surface area contributed by atoms with Crippen LogP contribution in [0.5, 0.6) is 0 Å². The fourth-order valence-electron chi connectivity index (χ4n) is 2.26. The number of anilines is 1. The number of rotatable bonds is 4. The summed E-state index contributed by atoms with van der Waals surface area (Å²) in [7, 11) is 0. The van der Waals surface area contributed by atoms with Crippen molar-refractivity contribution in [3.8, 4) is 0 Å². The highest BCUT2D eigenvalue weighted by molar-refractivity contribution is 5.78. The smallest absolute Gasteiger partial charge is 0.325 e. The molecule has 0 saturated carbocycles. The molecule has 2 atom stereocenters. The van der Waals surface area contributed by atoms with Gasteiger partial charge in [-0.25, -0.2) is 4.98 Å². The number of carbonyl (C=O) groups is 2. The van der Waals surface area contributed by atoms with E-state index in [1.54, 1.807) is 18.2 Å². The van der Waals surface area contributed by atoms with E-state index in [9.17, 15) is 9.59 Å². The van der Waals surface area contributed by atoms with Crippen molar-refractivity contribution in [2.45, 2.75) is 44.9 Å². The van der Waals surface area contributed by atoms with E-state index in [0.29, 0.717) is 17.8 Å². The van der Waals surface area contributed by atoms with E-state index in [0.717, 1.165) is 13.0 Å². The maximum atomic E-state index is 12.0. The molecule has 1 aromatic heterocycles. The van der Waals surface area contributed by atoms with E-state index in [4.69, 9.17) is 10.5 Å². The summed E-state index contributed by atoms with van der Waals surface area (Å²) < 4.78 is 5.32. The molecule has 2 heterocycles. The van der Waals surface area contributed by atoms with Gasteiger partial charge < -0.3 is 15.4 Å². The predicted octanol–water partition coefficient (Wildman–Crippen LogP) is 1.14. The van der Waals surface area contributed by atoms with Gasteiger partial charge in [-0.3, -0.25) is 9.59 Å². The highest BCUT2D eigenvalue weighted by atomic mass is 16.6. The first kappa shape index (κ1) is 15.4. The molecule has 1 saturated heterocycles. The van der Waals surface area contributed by atoms with E-state index in [-0.39, 0.29) is 6.04 Å². The minimum atomic E-state index is -0.723. The molecular formula is C15H21N3O3. The Morgan fingerprint density at radius 1 is 1.52 bits per heavy atom. The standard InChI is InChI=1S/C15H21N3O3/c1-15(2,3)21-14(20)13(16)11-7-8-18(11)12-6-4-5-10(9-19)17-12/h4-6,9,11,13H,7-8,16H2,1-3H3. The second-order valence-electron chi connectivity index (χ2n) is 6.15. The van der Waals surface area contributed by atoms with Gasteiger partial charge in [-0.15, -0.1) is 0 Å². The second kappa shape index (κ2) is 5.81. The minimum absolute atomic E-state index is 0.144. The molecule has 2 N–H and O–H groups in total. The zero-order chi connectivity index (χ0) is 15.6. The van der Waals surface area contributed by atoms with Gasteiger partial charge in [-0.1, -0.05) is 6.07 Å². The maximum Gasteiger partial charge on any atom is 0.325 e. The van der Waals surface area contributed by atoms with Gasteiger partial charge in [0.15, 0.2) is 6.29 Å². The number of hydrogen-bond donors (Lipinski definition) is 1. The van der Waals surface area contributed by atoms with Crippen LogP contribution in [0.1, 0.15) is 37.7 Å². The molecule has 6 heteroatoms. The number of nitrogens with zero attached hydrogens (tertiary/aromatic N) is 2. The lowest BCUT2D eigenvalue weighted by atomic mass is 9.95. The molecule has 1 aliphatic rings. The Morgan fingerprint density at radius 3 is 2.76 bits per heavy atom. The molecule has 2 rings (SSSR count). The van der Waals surface area contributed by atoms with Crippen LogP contribution in [0.15, 0.2) is 18.2 Å². The Morgan fingerprint density at radius 2 is 2.24 bits per heavy atom. The number of esters is 1. The van der Waals surface area contributed by atoms with E-state index in [1.165, 1.54) is 0 Å². The number of nitrogens with two attached hydrogens (primary N) is 1. The summed E-state index contributed by atoms with van der Waals surface area (Å²) >= 11 is 0. The SMILES string of the molecule is CC(C)(C)OC(=O)C(N)C1CCN1c1cccc(C=O)n1. The Bertz CT molecular complexity index is 539. The number of aromatic nitrogens is 1.